The summed E-state index contributed by atoms with van der Waals surface area (Å²) < 4.78 is 11.7. The maximum Gasteiger partial charge on any atom is 0.269 e. The first kappa shape index (κ1) is 26.8. The van der Waals surface area contributed by atoms with Gasteiger partial charge in [-0.15, -0.1) is 6.58 Å². The van der Waals surface area contributed by atoms with Gasteiger partial charge in [-0.2, -0.15) is 0 Å². The minimum absolute atomic E-state index is 0.00413. The predicted molar refractivity (Wildman–Crippen MR) is 151 cm³/mol. The average Bonchev–Trinajstić information content (AvgIpc) is 3.26. The number of amides is 1. The van der Waals surface area contributed by atoms with Gasteiger partial charge in [-0.1, -0.05) is 49.0 Å². The van der Waals surface area contributed by atoms with Crippen LogP contribution in [-0.2, 0) is 24.2 Å². The summed E-state index contributed by atoms with van der Waals surface area (Å²) in [6.45, 7) is 6.09. The van der Waals surface area contributed by atoms with Crippen LogP contribution >= 0.6 is 11.8 Å². The zero-order chi connectivity index (χ0) is 27.1. The van der Waals surface area contributed by atoms with Gasteiger partial charge in [0.15, 0.2) is 17.0 Å². The third-order valence-corrected chi connectivity index (χ3v) is 6.96. The summed E-state index contributed by atoms with van der Waals surface area (Å²) in [5.41, 5.74) is 4.18. The molecule has 1 aliphatic rings. The molecule has 0 bridgehead atoms. The number of hydrogen-bond acceptors (Lipinski definition) is 7. The zero-order valence-electron chi connectivity index (χ0n) is 21.2. The second-order valence-electron chi connectivity index (χ2n) is 8.59. The number of hydrogen-bond donors (Lipinski definition) is 2. The number of rotatable bonds is 11. The summed E-state index contributed by atoms with van der Waals surface area (Å²) in [4.78, 5) is 23.9. The number of nitrogens with one attached hydrogen (secondary N) is 2. The average molecular weight is 532 g/mol. The molecule has 4 rings (SSSR count). The highest BCUT2D eigenvalue weighted by Crippen LogP contribution is 2.37. The van der Waals surface area contributed by atoms with Crippen molar-refractivity contribution in [3.8, 4) is 11.5 Å². The predicted octanol–water partition coefficient (Wildman–Crippen LogP) is 6.07. The van der Waals surface area contributed by atoms with Gasteiger partial charge in [0, 0.05) is 23.4 Å². The SMILES string of the molecule is C=CCc1cc(/C=C2\S[C@@H](Nc3ccc(CC)cc3)NC2=O)cc(OC)c1OCc1cccc([N+](=O)[O-])c1. The molecule has 0 saturated carbocycles. The van der Waals surface area contributed by atoms with Crippen molar-refractivity contribution in [3.05, 3.63) is 111 Å². The molecule has 1 fully saturated rings. The summed E-state index contributed by atoms with van der Waals surface area (Å²) in [6, 6.07) is 18.2. The van der Waals surface area contributed by atoms with E-state index in [0.717, 1.165) is 23.2 Å². The first-order valence-corrected chi connectivity index (χ1v) is 13.0. The lowest BCUT2D eigenvalue weighted by Gasteiger charge is -2.16. The Balaban J connectivity index is 1.53. The van der Waals surface area contributed by atoms with Gasteiger partial charge in [-0.25, -0.2) is 0 Å². The molecule has 38 heavy (non-hydrogen) atoms. The molecule has 1 amide bonds. The van der Waals surface area contributed by atoms with Crippen LogP contribution in [-0.4, -0.2) is 23.4 Å². The first-order valence-electron chi connectivity index (χ1n) is 12.1. The second-order valence-corrected chi connectivity index (χ2v) is 9.74. The van der Waals surface area contributed by atoms with E-state index < -0.39 is 4.92 Å². The summed E-state index contributed by atoms with van der Waals surface area (Å²) in [5.74, 6) is 0.864. The number of methoxy groups -OCH3 is 1. The fourth-order valence-corrected chi connectivity index (χ4v) is 4.99. The van der Waals surface area contributed by atoms with Crippen molar-refractivity contribution in [2.24, 2.45) is 0 Å². The fraction of sp³-hybridized carbons (Fsp3) is 0.207. The van der Waals surface area contributed by atoms with Crippen LogP contribution in [0.25, 0.3) is 6.08 Å². The third-order valence-electron chi connectivity index (χ3n) is 5.93. The molecule has 1 aliphatic heterocycles. The smallest absolute Gasteiger partial charge is 0.269 e. The number of benzene rings is 3. The number of non-ortho nitro benzene ring substituents is 1. The zero-order valence-corrected chi connectivity index (χ0v) is 22.0. The Hall–Kier alpha value is -4.24. The minimum atomic E-state index is -0.436. The topological polar surface area (TPSA) is 103 Å². The van der Waals surface area contributed by atoms with Crippen molar-refractivity contribution >= 4 is 35.1 Å². The number of carbonyl (C=O) groups is 1. The maximum atomic E-state index is 12.7. The van der Waals surface area contributed by atoms with Crippen molar-refractivity contribution in [1.82, 2.24) is 5.32 Å². The molecule has 0 unspecified atom stereocenters. The number of thioether (sulfide) groups is 1. The molecule has 196 valence electrons. The summed E-state index contributed by atoms with van der Waals surface area (Å²) in [5, 5.41) is 17.4. The van der Waals surface area contributed by atoms with E-state index in [2.05, 4.69) is 36.3 Å². The molecule has 2 N–H and O–H groups in total. The molecule has 3 aromatic rings. The second kappa shape index (κ2) is 12.3. The quantitative estimate of drug-likeness (QED) is 0.134. The van der Waals surface area contributed by atoms with Crippen LogP contribution in [0.2, 0.25) is 0 Å². The van der Waals surface area contributed by atoms with Crippen molar-refractivity contribution in [2.75, 3.05) is 12.4 Å². The Kier molecular flexibility index (Phi) is 8.70. The number of nitro groups is 1. The van der Waals surface area contributed by atoms with Crippen LogP contribution < -0.4 is 20.1 Å². The maximum absolute atomic E-state index is 12.7. The van der Waals surface area contributed by atoms with Crippen molar-refractivity contribution in [3.63, 3.8) is 0 Å². The number of anilines is 1. The molecule has 1 saturated heterocycles. The fourth-order valence-electron chi connectivity index (χ4n) is 4.01. The number of nitro benzene ring substituents is 1. The van der Waals surface area contributed by atoms with Crippen LogP contribution in [0.1, 0.15) is 29.2 Å². The van der Waals surface area contributed by atoms with E-state index in [1.165, 1.54) is 29.5 Å². The molecule has 3 aromatic carbocycles. The van der Waals surface area contributed by atoms with Gasteiger partial charge in [-0.05, 0) is 59.9 Å². The monoisotopic (exact) mass is 531 g/mol. The van der Waals surface area contributed by atoms with Gasteiger partial charge >= 0.3 is 0 Å². The molecule has 1 heterocycles. The van der Waals surface area contributed by atoms with Gasteiger partial charge in [0.2, 0.25) is 0 Å². The highest BCUT2D eigenvalue weighted by Gasteiger charge is 2.27. The molecule has 9 heteroatoms. The Morgan fingerprint density at radius 2 is 1.95 bits per heavy atom. The number of ether oxygens (including phenoxy) is 2. The minimum Gasteiger partial charge on any atom is -0.493 e. The van der Waals surface area contributed by atoms with Crippen LogP contribution in [0, 0.1) is 10.1 Å². The molecule has 0 aromatic heterocycles. The highest BCUT2D eigenvalue weighted by molar-refractivity contribution is 8.05. The summed E-state index contributed by atoms with van der Waals surface area (Å²) >= 11 is 1.41. The van der Waals surface area contributed by atoms with E-state index in [9.17, 15) is 14.9 Å². The Morgan fingerprint density at radius 3 is 2.63 bits per heavy atom. The van der Waals surface area contributed by atoms with Crippen LogP contribution in [0.15, 0.2) is 78.2 Å². The number of aryl methyl sites for hydroxylation is 1. The van der Waals surface area contributed by atoms with Gasteiger partial charge < -0.3 is 20.1 Å². The number of nitrogens with zero attached hydrogens (tertiary/aromatic N) is 1. The van der Waals surface area contributed by atoms with Crippen LogP contribution in [0.5, 0.6) is 11.5 Å². The molecular weight excluding hydrogens is 502 g/mol. The largest absolute Gasteiger partial charge is 0.493 e. The summed E-state index contributed by atoms with van der Waals surface area (Å²) in [6.07, 6.45) is 5.06. The number of allylic oxidation sites excluding steroid dienone is 1. The molecule has 1 atom stereocenters. The van der Waals surface area contributed by atoms with E-state index in [4.69, 9.17) is 9.47 Å². The van der Waals surface area contributed by atoms with E-state index in [1.807, 2.05) is 24.3 Å². The first-order chi connectivity index (χ1) is 18.4. The summed E-state index contributed by atoms with van der Waals surface area (Å²) in [7, 11) is 1.55. The van der Waals surface area contributed by atoms with E-state index in [0.29, 0.717) is 28.4 Å². The lowest BCUT2D eigenvalue weighted by atomic mass is 10.0. The van der Waals surface area contributed by atoms with Crippen molar-refractivity contribution < 1.29 is 19.2 Å². The van der Waals surface area contributed by atoms with Gasteiger partial charge in [0.1, 0.15) is 6.61 Å². The lowest BCUT2D eigenvalue weighted by molar-refractivity contribution is -0.384. The molecule has 0 radical (unpaired) electrons. The third kappa shape index (κ3) is 6.54. The number of carbonyl (C=O) groups excluding carboxylic acids is 1. The molecule has 0 spiro atoms. The standard InChI is InChI=1S/C29H29N3O5S/c1-4-7-22-14-21(16-25(36-3)27(22)37-18-20-8-6-9-24(15-20)32(34)35)17-26-28(33)31-29(38-26)30-23-12-10-19(5-2)11-13-23/h4,6,8-17,29-30H,1,5,7,18H2,2-3H3,(H,31,33)/b26-17-/t29-/m0/s1. The van der Waals surface area contributed by atoms with Crippen LogP contribution in [0.4, 0.5) is 11.4 Å². The van der Waals surface area contributed by atoms with E-state index in [-0.39, 0.29) is 23.7 Å². The molecular formula is C29H29N3O5S. The van der Waals surface area contributed by atoms with E-state index >= 15 is 0 Å². The van der Waals surface area contributed by atoms with Gasteiger partial charge in [-0.3, -0.25) is 14.9 Å². The van der Waals surface area contributed by atoms with Crippen molar-refractivity contribution in [1.29, 1.82) is 0 Å². The van der Waals surface area contributed by atoms with Crippen molar-refractivity contribution in [2.45, 2.75) is 31.9 Å². The Labute approximate surface area is 225 Å². The van der Waals surface area contributed by atoms with Crippen LogP contribution in [0.3, 0.4) is 0 Å². The Bertz CT molecular complexity index is 1370. The van der Waals surface area contributed by atoms with Gasteiger partial charge in [0.05, 0.1) is 16.9 Å². The molecule has 8 nitrogen and oxygen atoms in total. The highest BCUT2D eigenvalue weighted by atomic mass is 32.2. The lowest BCUT2D eigenvalue weighted by Crippen LogP contribution is -2.30. The van der Waals surface area contributed by atoms with Gasteiger partial charge in [0.25, 0.3) is 11.6 Å². The molecule has 0 aliphatic carbocycles. The normalized spacial score (nSPS) is 15.7. The Morgan fingerprint density at radius 1 is 1.16 bits per heavy atom. The van der Waals surface area contributed by atoms with E-state index in [1.54, 1.807) is 31.4 Å².